The Labute approximate surface area is 110 Å². The molecule has 1 saturated carbocycles. The lowest BCUT2D eigenvalue weighted by Gasteiger charge is -2.24. The first-order chi connectivity index (χ1) is 8.82. The van der Waals surface area contributed by atoms with Crippen molar-refractivity contribution in [3.05, 3.63) is 29.3 Å². The Kier molecular flexibility index (Phi) is 3.56. The van der Waals surface area contributed by atoms with Gasteiger partial charge < -0.3 is 4.90 Å². The third-order valence-electron chi connectivity index (χ3n) is 3.66. The highest BCUT2D eigenvalue weighted by Crippen LogP contribution is 2.41. The average Bonchev–Trinajstić information content (AvgIpc) is 3.02. The zero-order valence-corrected chi connectivity index (χ0v) is 10.9. The van der Waals surface area contributed by atoms with Crippen molar-refractivity contribution in [3.8, 4) is 0 Å². The first-order valence-corrected chi connectivity index (χ1v) is 6.20. The fourth-order valence-electron chi connectivity index (χ4n) is 2.29. The van der Waals surface area contributed by atoms with Crippen molar-refractivity contribution >= 4 is 12.0 Å². The number of nitrogens with zero attached hydrogens (tertiary/aromatic N) is 1. The van der Waals surface area contributed by atoms with E-state index in [0.29, 0.717) is 24.7 Å². The van der Waals surface area contributed by atoms with E-state index in [0.717, 1.165) is 12.5 Å². The zero-order chi connectivity index (χ0) is 14.2. The Bertz CT molecular complexity index is 484. The first-order valence-electron chi connectivity index (χ1n) is 6.20. The smallest absolute Gasteiger partial charge is 0.374 e. The second kappa shape index (κ2) is 4.87. The van der Waals surface area contributed by atoms with E-state index in [9.17, 15) is 18.0 Å². The van der Waals surface area contributed by atoms with Gasteiger partial charge in [0, 0.05) is 24.8 Å². The predicted molar refractivity (Wildman–Crippen MR) is 67.4 cm³/mol. The van der Waals surface area contributed by atoms with Crippen molar-refractivity contribution in [1.29, 1.82) is 0 Å². The molecule has 1 fully saturated rings. The minimum atomic E-state index is -4.45. The van der Waals surface area contributed by atoms with Crippen molar-refractivity contribution in [2.24, 2.45) is 11.8 Å². The molecule has 1 aliphatic carbocycles. The Morgan fingerprint density at radius 2 is 2.05 bits per heavy atom. The molecular formula is C14H16F3NO. The number of hydrogen-bond acceptors (Lipinski definition) is 2. The number of carbonyl (C=O) groups is 1. The number of hydrogen-bond donors (Lipinski definition) is 0. The van der Waals surface area contributed by atoms with Gasteiger partial charge in [-0.25, -0.2) is 0 Å². The summed E-state index contributed by atoms with van der Waals surface area (Å²) in [5.74, 6) is 1.06. The van der Waals surface area contributed by atoms with Gasteiger partial charge in [-0.1, -0.05) is 6.92 Å². The minimum Gasteiger partial charge on any atom is -0.374 e. The van der Waals surface area contributed by atoms with Gasteiger partial charge in [0.25, 0.3) is 0 Å². The summed E-state index contributed by atoms with van der Waals surface area (Å²) in [6.07, 6.45) is -2.95. The average molecular weight is 271 g/mol. The van der Waals surface area contributed by atoms with E-state index in [2.05, 4.69) is 6.92 Å². The van der Waals surface area contributed by atoms with Gasteiger partial charge in [0.1, 0.15) is 6.29 Å². The van der Waals surface area contributed by atoms with E-state index in [-0.39, 0.29) is 11.3 Å². The summed E-state index contributed by atoms with van der Waals surface area (Å²) in [6.45, 7) is 2.71. The molecule has 0 spiro atoms. The van der Waals surface area contributed by atoms with Crippen molar-refractivity contribution < 1.29 is 18.0 Å². The van der Waals surface area contributed by atoms with Crippen LogP contribution in [0.25, 0.3) is 0 Å². The Hall–Kier alpha value is -1.52. The summed E-state index contributed by atoms with van der Waals surface area (Å²) >= 11 is 0. The summed E-state index contributed by atoms with van der Waals surface area (Å²) in [5, 5.41) is 0. The third-order valence-corrected chi connectivity index (χ3v) is 3.66. The SMILES string of the molecule is CC1CC1CN(C)c1ccc(C=O)cc1C(F)(F)F. The quantitative estimate of drug-likeness (QED) is 0.780. The van der Waals surface area contributed by atoms with Gasteiger partial charge >= 0.3 is 6.18 Å². The standard InChI is InChI=1S/C14H16F3NO/c1-9-5-11(9)7-18(2)13-4-3-10(8-19)6-12(13)14(15,16)17/h3-4,6,8-9,11H,5,7H2,1-2H3. The highest BCUT2D eigenvalue weighted by Gasteiger charge is 2.37. The van der Waals surface area contributed by atoms with E-state index < -0.39 is 11.7 Å². The molecule has 5 heteroatoms. The minimum absolute atomic E-state index is 0.0456. The van der Waals surface area contributed by atoms with Crippen LogP contribution in [0.1, 0.15) is 29.3 Å². The molecule has 0 saturated heterocycles. The summed E-state index contributed by atoms with van der Waals surface area (Å²) < 4.78 is 39.0. The molecule has 104 valence electrons. The first kappa shape index (κ1) is 13.9. The van der Waals surface area contributed by atoms with Gasteiger partial charge in [-0.15, -0.1) is 0 Å². The molecule has 0 amide bonds. The largest absolute Gasteiger partial charge is 0.418 e. The van der Waals surface area contributed by atoms with Gasteiger partial charge in [-0.2, -0.15) is 13.2 Å². The van der Waals surface area contributed by atoms with Gasteiger partial charge in [-0.3, -0.25) is 4.79 Å². The lowest BCUT2D eigenvalue weighted by Crippen LogP contribution is -2.24. The van der Waals surface area contributed by atoms with Crippen LogP contribution in [0.5, 0.6) is 0 Å². The summed E-state index contributed by atoms with van der Waals surface area (Å²) in [7, 11) is 1.66. The van der Waals surface area contributed by atoms with Crippen LogP contribution in [-0.4, -0.2) is 19.9 Å². The molecule has 0 aromatic heterocycles. The van der Waals surface area contributed by atoms with Crippen LogP contribution in [-0.2, 0) is 6.18 Å². The molecular weight excluding hydrogens is 255 g/mol. The van der Waals surface area contributed by atoms with Crippen LogP contribution in [0.2, 0.25) is 0 Å². The Morgan fingerprint density at radius 1 is 1.42 bits per heavy atom. The van der Waals surface area contributed by atoms with Crippen LogP contribution in [0.4, 0.5) is 18.9 Å². The molecule has 0 heterocycles. The summed E-state index contributed by atoms with van der Waals surface area (Å²) in [4.78, 5) is 12.2. The summed E-state index contributed by atoms with van der Waals surface area (Å²) in [5.41, 5.74) is -0.561. The molecule has 2 nitrogen and oxygen atoms in total. The third kappa shape index (κ3) is 3.08. The maximum atomic E-state index is 13.0. The highest BCUT2D eigenvalue weighted by molar-refractivity contribution is 5.77. The van der Waals surface area contributed by atoms with Gasteiger partial charge in [0.05, 0.1) is 5.56 Å². The molecule has 19 heavy (non-hydrogen) atoms. The second-order valence-electron chi connectivity index (χ2n) is 5.25. The van der Waals surface area contributed by atoms with Crippen molar-refractivity contribution in [2.75, 3.05) is 18.5 Å². The summed E-state index contributed by atoms with van der Waals surface area (Å²) in [6, 6.07) is 3.71. The molecule has 2 rings (SSSR count). The Morgan fingerprint density at radius 3 is 2.53 bits per heavy atom. The van der Waals surface area contributed by atoms with Crippen LogP contribution in [0, 0.1) is 11.8 Å². The lowest BCUT2D eigenvalue weighted by molar-refractivity contribution is -0.137. The molecule has 0 aliphatic heterocycles. The molecule has 2 atom stereocenters. The number of alkyl halides is 3. The maximum Gasteiger partial charge on any atom is 0.418 e. The van der Waals surface area contributed by atoms with E-state index in [4.69, 9.17) is 0 Å². The normalized spacial score (nSPS) is 22.2. The molecule has 1 aliphatic rings. The van der Waals surface area contributed by atoms with E-state index >= 15 is 0 Å². The number of rotatable bonds is 4. The number of benzene rings is 1. The maximum absolute atomic E-state index is 13.0. The number of carbonyl (C=O) groups excluding carboxylic acids is 1. The molecule has 2 unspecified atom stereocenters. The van der Waals surface area contributed by atoms with E-state index in [1.54, 1.807) is 11.9 Å². The van der Waals surface area contributed by atoms with Crippen molar-refractivity contribution in [1.82, 2.24) is 0 Å². The van der Waals surface area contributed by atoms with E-state index in [1.165, 1.54) is 12.1 Å². The molecule has 1 aromatic rings. The molecule has 0 N–H and O–H groups in total. The lowest BCUT2D eigenvalue weighted by atomic mass is 10.1. The topological polar surface area (TPSA) is 20.3 Å². The fraction of sp³-hybridized carbons (Fsp3) is 0.500. The van der Waals surface area contributed by atoms with E-state index in [1.807, 2.05) is 0 Å². The monoisotopic (exact) mass is 271 g/mol. The second-order valence-corrected chi connectivity index (χ2v) is 5.25. The molecule has 0 radical (unpaired) electrons. The highest BCUT2D eigenvalue weighted by atomic mass is 19.4. The zero-order valence-electron chi connectivity index (χ0n) is 10.9. The predicted octanol–water partition coefficient (Wildman–Crippen LogP) is 3.61. The van der Waals surface area contributed by atoms with Crippen LogP contribution in [0.15, 0.2) is 18.2 Å². The molecule has 0 bridgehead atoms. The van der Waals surface area contributed by atoms with Crippen molar-refractivity contribution in [3.63, 3.8) is 0 Å². The van der Waals surface area contributed by atoms with Gasteiger partial charge in [-0.05, 0) is 36.5 Å². The van der Waals surface area contributed by atoms with Crippen LogP contribution >= 0.6 is 0 Å². The van der Waals surface area contributed by atoms with Gasteiger partial charge in [0.2, 0.25) is 0 Å². The van der Waals surface area contributed by atoms with Crippen molar-refractivity contribution in [2.45, 2.75) is 19.5 Å². The van der Waals surface area contributed by atoms with Gasteiger partial charge in [0.15, 0.2) is 0 Å². The molecule has 1 aromatic carbocycles. The number of halogens is 3. The van der Waals surface area contributed by atoms with Crippen LogP contribution in [0.3, 0.4) is 0 Å². The fourth-order valence-corrected chi connectivity index (χ4v) is 2.29. The Balaban J connectivity index is 2.30. The number of anilines is 1. The number of aldehydes is 1. The van der Waals surface area contributed by atoms with Crippen LogP contribution < -0.4 is 4.90 Å².